The summed E-state index contributed by atoms with van der Waals surface area (Å²) in [6, 6.07) is 3.07. The molecule has 0 aliphatic rings. The Morgan fingerprint density at radius 3 is 2.52 bits per heavy atom. The first-order valence-corrected chi connectivity index (χ1v) is 6.81. The van der Waals surface area contributed by atoms with E-state index in [4.69, 9.17) is 4.74 Å². The third-order valence-corrected chi connectivity index (χ3v) is 2.76. The van der Waals surface area contributed by atoms with Crippen LogP contribution in [-0.4, -0.2) is 44.6 Å². The molecule has 0 aliphatic carbocycles. The summed E-state index contributed by atoms with van der Waals surface area (Å²) in [5, 5.41) is 42.5. The fourth-order valence-corrected chi connectivity index (χ4v) is 1.71. The van der Waals surface area contributed by atoms with E-state index in [-0.39, 0.29) is 17.8 Å². The van der Waals surface area contributed by atoms with E-state index in [0.717, 1.165) is 18.2 Å². The summed E-state index contributed by atoms with van der Waals surface area (Å²) in [5.41, 5.74) is -1.27. The van der Waals surface area contributed by atoms with Gasteiger partial charge in [-0.1, -0.05) is 0 Å². The number of hydrogen-bond donors (Lipinski definition) is 4. The van der Waals surface area contributed by atoms with Gasteiger partial charge in [0, 0.05) is 24.2 Å². The molecular formula is C14H20N2O7. The van der Waals surface area contributed by atoms with E-state index >= 15 is 0 Å². The van der Waals surface area contributed by atoms with Crippen LogP contribution in [0.25, 0.3) is 0 Å². The van der Waals surface area contributed by atoms with Crippen molar-refractivity contribution in [2.45, 2.75) is 38.6 Å². The van der Waals surface area contributed by atoms with Gasteiger partial charge in [-0.05, 0) is 26.8 Å². The zero-order chi connectivity index (χ0) is 17.8. The predicted octanol–water partition coefficient (Wildman–Crippen LogP) is 1.22. The topological polar surface area (TPSA) is 142 Å². The minimum Gasteiger partial charge on any atom is -0.508 e. The second-order valence-electron chi connectivity index (χ2n) is 5.90. The van der Waals surface area contributed by atoms with Crippen LogP contribution >= 0.6 is 0 Å². The average molecular weight is 328 g/mol. The molecule has 9 nitrogen and oxygen atoms in total. The SMILES string of the molecule is CC(C)(C)OC(=O)NCC(O)C(O)c1cc([N+](=O)[O-])ccc1O. The van der Waals surface area contributed by atoms with E-state index in [9.17, 15) is 30.2 Å². The molecule has 2 atom stereocenters. The van der Waals surface area contributed by atoms with Crippen LogP contribution in [0.4, 0.5) is 10.5 Å². The second-order valence-corrected chi connectivity index (χ2v) is 5.90. The highest BCUT2D eigenvalue weighted by Gasteiger charge is 2.25. The van der Waals surface area contributed by atoms with Crippen molar-refractivity contribution in [3.05, 3.63) is 33.9 Å². The molecule has 23 heavy (non-hydrogen) atoms. The quantitative estimate of drug-likeness (QED) is 0.470. The van der Waals surface area contributed by atoms with E-state index < -0.39 is 34.6 Å². The maximum absolute atomic E-state index is 11.5. The van der Waals surface area contributed by atoms with E-state index in [1.807, 2.05) is 0 Å². The van der Waals surface area contributed by atoms with Gasteiger partial charge in [-0.15, -0.1) is 0 Å². The number of nitrogens with one attached hydrogen (secondary N) is 1. The summed E-state index contributed by atoms with van der Waals surface area (Å²) >= 11 is 0. The Morgan fingerprint density at radius 1 is 1.39 bits per heavy atom. The molecule has 0 aliphatic heterocycles. The van der Waals surface area contributed by atoms with Crippen LogP contribution in [0.2, 0.25) is 0 Å². The number of rotatable bonds is 5. The first kappa shape index (κ1) is 18.7. The number of nitro groups is 1. The number of non-ortho nitro benzene ring substituents is 1. The maximum atomic E-state index is 11.5. The largest absolute Gasteiger partial charge is 0.508 e. The molecule has 1 rings (SSSR count). The molecule has 4 N–H and O–H groups in total. The maximum Gasteiger partial charge on any atom is 0.407 e. The van der Waals surface area contributed by atoms with Gasteiger partial charge in [0.05, 0.1) is 4.92 Å². The van der Waals surface area contributed by atoms with Crippen LogP contribution in [0.15, 0.2) is 18.2 Å². The molecule has 2 unspecified atom stereocenters. The smallest absolute Gasteiger partial charge is 0.407 e. The molecule has 0 bridgehead atoms. The van der Waals surface area contributed by atoms with Crippen LogP contribution in [-0.2, 0) is 4.74 Å². The first-order valence-electron chi connectivity index (χ1n) is 6.81. The van der Waals surface area contributed by atoms with Crippen molar-refractivity contribution < 1.29 is 29.8 Å². The highest BCUT2D eigenvalue weighted by Crippen LogP contribution is 2.30. The molecule has 0 spiro atoms. The molecular weight excluding hydrogens is 308 g/mol. The number of amides is 1. The van der Waals surface area contributed by atoms with Crippen molar-refractivity contribution in [1.82, 2.24) is 5.32 Å². The fraction of sp³-hybridized carbons (Fsp3) is 0.500. The number of aliphatic hydroxyl groups is 2. The second kappa shape index (κ2) is 7.25. The number of carbonyl (C=O) groups excluding carboxylic acids is 1. The number of carbonyl (C=O) groups is 1. The van der Waals surface area contributed by atoms with E-state index in [1.54, 1.807) is 20.8 Å². The van der Waals surface area contributed by atoms with Crippen LogP contribution in [0.5, 0.6) is 5.75 Å². The summed E-state index contributed by atoms with van der Waals surface area (Å²) in [6.45, 7) is 4.63. The summed E-state index contributed by atoms with van der Waals surface area (Å²) < 4.78 is 4.97. The van der Waals surface area contributed by atoms with Crippen LogP contribution in [0.1, 0.15) is 32.4 Å². The summed E-state index contributed by atoms with van der Waals surface area (Å²) in [6.07, 6.45) is -3.90. The van der Waals surface area contributed by atoms with Crippen LogP contribution in [0.3, 0.4) is 0 Å². The van der Waals surface area contributed by atoms with Gasteiger partial charge >= 0.3 is 6.09 Å². The number of hydrogen-bond acceptors (Lipinski definition) is 7. The zero-order valence-electron chi connectivity index (χ0n) is 13.0. The number of nitrogens with zero attached hydrogens (tertiary/aromatic N) is 1. The van der Waals surface area contributed by atoms with Crippen molar-refractivity contribution in [1.29, 1.82) is 0 Å². The van der Waals surface area contributed by atoms with Gasteiger partial charge in [0.15, 0.2) is 0 Å². The Hall–Kier alpha value is -2.39. The Kier molecular flexibility index (Phi) is 5.88. The molecule has 1 aromatic carbocycles. The van der Waals surface area contributed by atoms with Gasteiger partial charge in [0.2, 0.25) is 0 Å². The van der Waals surface area contributed by atoms with Gasteiger partial charge in [0.25, 0.3) is 5.69 Å². The molecule has 128 valence electrons. The summed E-state index contributed by atoms with van der Waals surface area (Å²) in [5.74, 6) is -0.403. The molecule has 0 aromatic heterocycles. The normalized spacial score (nSPS) is 14.0. The van der Waals surface area contributed by atoms with Gasteiger partial charge in [0.1, 0.15) is 23.6 Å². The number of phenols is 1. The summed E-state index contributed by atoms with van der Waals surface area (Å²) in [7, 11) is 0. The van der Waals surface area contributed by atoms with Crippen LogP contribution in [0, 0.1) is 10.1 Å². The van der Waals surface area contributed by atoms with Crippen molar-refractivity contribution in [2.75, 3.05) is 6.54 Å². The Morgan fingerprint density at radius 2 is 2.00 bits per heavy atom. The van der Waals surface area contributed by atoms with Gasteiger partial charge in [-0.2, -0.15) is 0 Å². The third kappa shape index (κ3) is 5.72. The van der Waals surface area contributed by atoms with Crippen molar-refractivity contribution in [2.24, 2.45) is 0 Å². The lowest BCUT2D eigenvalue weighted by molar-refractivity contribution is -0.385. The van der Waals surface area contributed by atoms with Gasteiger partial charge in [-0.3, -0.25) is 10.1 Å². The monoisotopic (exact) mass is 328 g/mol. The molecule has 1 aromatic rings. The first-order chi connectivity index (χ1) is 10.5. The number of aliphatic hydroxyl groups excluding tert-OH is 2. The highest BCUT2D eigenvalue weighted by atomic mass is 16.6. The van der Waals surface area contributed by atoms with Gasteiger partial charge < -0.3 is 25.4 Å². The molecule has 0 radical (unpaired) electrons. The fourth-order valence-electron chi connectivity index (χ4n) is 1.71. The number of alkyl carbamates (subject to hydrolysis) is 1. The van der Waals surface area contributed by atoms with Crippen LogP contribution < -0.4 is 5.32 Å². The molecule has 0 saturated heterocycles. The van der Waals surface area contributed by atoms with E-state index in [2.05, 4.69) is 5.32 Å². The Balaban J connectivity index is 2.73. The third-order valence-electron chi connectivity index (χ3n) is 2.76. The average Bonchev–Trinajstić information content (AvgIpc) is 2.42. The number of ether oxygens (including phenoxy) is 1. The number of phenolic OH excluding ortho intramolecular Hbond substituents is 1. The standard InChI is InChI=1S/C14H20N2O7/c1-14(2,3)23-13(20)15-7-11(18)12(19)9-6-8(16(21)22)4-5-10(9)17/h4-6,11-12,17-19H,7H2,1-3H3,(H,15,20). The van der Waals surface area contributed by atoms with E-state index in [1.165, 1.54) is 0 Å². The Labute approximate surface area is 132 Å². The molecule has 9 heteroatoms. The number of nitro benzene ring substituents is 1. The van der Waals surface area contributed by atoms with Crippen molar-refractivity contribution in [3.8, 4) is 5.75 Å². The minimum atomic E-state index is -1.62. The molecule has 0 fully saturated rings. The van der Waals surface area contributed by atoms with E-state index in [0.29, 0.717) is 0 Å². The minimum absolute atomic E-state index is 0.210. The van der Waals surface area contributed by atoms with Crippen molar-refractivity contribution in [3.63, 3.8) is 0 Å². The number of benzene rings is 1. The van der Waals surface area contributed by atoms with Gasteiger partial charge in [-0.25, -0.2) is 4.79 Å². The lowest BCUT2D eigenvalue weighted by Gasteiger charge is -2.22. The Bertz CT molecular complexity index is 583. The number of aromatic hydroxyl groups is 1. The zero-order valence-corrected chi connectivity index (χ0v) is 13.0. The highest BCUT2D eigenvalue weighted by molar-refractivity contribution is 5.67. The molecule has 0 saturated carbocycles. The lowest BCUT2D eigenvalue weighted by Crippen LogP contribution is -2.38. The predicted molar refractivity (Wildman–Crippen MR) is 80.0 cm³/mol. The summed E-state index contributed by atoms with van der Waals surface area (Å²) in [4.78, 5) is 21.5. The molecule has 1 amide bonds. The lowest BCUT2D eigenvalue weighted by atomic mass is 10.0. The van der Waals surface area contributed by atoms with Crippen molar-refractivity contribution >= 4 is 11.8 Å². The molecule has 0 heterocycles.